The minimum absolute atomic E-state index is 0.0126. The molecule has 0 amide bonds. The van der Waals surface area contributed by atoms with Crippen LogP contribution in [0.15, 0.2) is 48.7 Å². The molecular formula is C15H18N2O3S. The van der Waals surface area contributed by atoms with E-state index in [2.05, 4.69) is 9.71 Å². The van der Waals surface area contributed by atoms with Gasteiger partial charge in [-0.25, -0.2) is 13.1 Å². The zero-order valence-electron chi connectivity index (χ0n) is 11.6. The molecule has 5 nitrogen and oxygen atoms in total. The van der Waals surface area contributed by atoms with Crippen molar-refractivity contribution in [2.45, 2.75) is 19.6 Å². The highest BCUT2D eigenvalue weighted by molar-refractivity contribution is 7.89. The first-order valence-corrected chi connectivity index (χ1v) is 8.30. The van der Waals surface area contributed by atoms with Crippen LogP contribution < -0.4 is 4.72 Å². The lowest BCUT2D eigenvalue weighted by molar-refractivity contribution is 0.282. The van der Waals surface area contributed by atoms with Crippen molar-refractivity contribution < 1.29 is 13.5 Å². The second-order valence-electron chi connectivity index (χ2n) is 4.69. The van der Waals surface area contributed by atoms with Crippen LogP contribution in [-0.2, 0) is 29.6 Å². The highest BCUT2D eigenvalue weighted by Crippen LogP contribution is 2.05. The number of pyridine rings is 1. The number of hydrogen-bond donors (Lipinski definition) is 2. The number of aryl methyl sites for hydroxylation is 1. The van der Waals surface area contributed by atoms with Gasteiger partial charge >= 0.3 is 0 Å². The SMILES string of the molecule is O=S(=O)(CCc1ccccn1)NCc1ccc(CO)cc1. The first-order valence-electron chi connectivity index (χ1n) is 6.65. The summed E-state index contributed by atoms with van der Waals surface area (Å²) in [6.45, 7) is 0.229. The summed E-state index contributed by atoms with van der Waals surface area (Å²) in [4.78, 5) is 4.10. The van der Waals surface area contributed by atoms with E-state index in [1.54, 1.807) is 36.5 Å². The van der Waals surface area contributed by atoms with E-state index in [-0.39, 0.29) is 18.9 Å². The Labute approximate surface area is 124 Å². The predicted octanol–water partition coefficient (Wildman–Crippen LogP) is 1.24. The van der Waals surface area contributed by atoms with Gasteiger partial charge in [0.2, 0.25) is 10.0 Å². The molecule has 0 fully saturated rings. The molecule has 0 aliphatic carbocycles. The third kappa shape index (κ3) is 5.26. The molecule has 2 rings (SSSR count). The van der Waals surface area contributed by atoms with Gasteiger partial charge in [-0.15, -0.1) is 0 Å². The van der Waals surface area contributed by atoms with Gasteiger partial charge in [-0.1, -0.05) is 30.3 Å². The van der Waals surface area contributed by atoms with Gasteiger partial charge in [0, 0.05) is 24.9 Å². The van der Waals surface area contributed by atoms with Crippen LogP contribution in [0.4, 0.5) is 0 Å². The van der Waals surface area contributed by atoms with Gasteiger partial charge in [-0.05, 0) is 23.3 Å². The van der Waals surface area contributed by atoms with Gasteiger partial charge < -0.3 is 5.11 Å². The summed E-state index contributed by atoms with van der Waals surface area (Å²) in [5.74, 6) is 0.0126. The van der Waals surface area contributed by atoms with Gasteiger partial charge in [0.25, 0.3) is 0 Å². The van der Waals surface area contributed by atoms with E-state index in [9.17, 15) is 8.42 Å². The average molecular weight is 306 g/mol. The molecule has 0 saturated heterocycles. The maximum Gasteiger partial charge on any atom is 0.212 e. The van der Waals surface area contributed by atoms with E-state index in [0.29, 0.717) is 6.42 Å². The maximum absolute atomic E-state index is 11.9. The molecule has 0 saturated carbocycles. The summed E-state index contributed by atoms with van der Waals surface area (Å²) in [6.07, 6.45) is 2.04. The van der Waals surface area contributed by atoms with E-state index >= 15 is 0 Å². The number of benzene rings is 1. The van der Waals surface area contributed by atoms with Gasteiger partial charge in [0.15, 0.2) is 0 Å². The molecule has 0 radical (unpaired) electrons. The van der Waals surface area contributed by atoms with Crippen LogP contribution in [0.1, 0.15) is 16.8 Å². The Kier molecular flexibility index (Phi) is 5.44. The molecule has 21 heavy (non-hydrogen) atoms. The molecule has 0 aliphatic rings. The predicted molar refractivity (Wildman–Crippen MR) is 80.9 cm³/mol. The van der Waals surface area contributed by atoms with Gasteiger partial charge in [0.1, 0.15) is 0 Å². The summed E-state index contributed by atoms with van der Waals surface area (Å²) in [6, 6.07) is 12.6. The summed E-state index contributed by atoms with van der Waals surface area (Å²) in [5, 5.41) is 8.95. The van der Waals surface area contributed by atoms with Crippen LogP contribution in [0.25, 0.3) is 0 Å². The Bertz CT molecular complexity index is 655. The molecule has 0 bridgehead atoms. The van der Waals surface area contributed by atoms with Gasteiger partial charge in [-0.3, -0.25) is 4.98 Å². The number of nitrogens with zero attached hydrogens (tertiary/aromatic N) is 1. The molecule has 1 aromatic carbocycles. The molecule has 112 valence electrons. The Hall–Kier alpha value is -1.76. The van der Waals surface area contributed by atoms with Crippen molar-refractivity contribution in [3.8, 4) is 0 Å². The molecular weight excluding hydrogens is 288 g/mol. The average Bonchev–Trinajstić information content (AvgIpc) is 2.53. The zero-order chi connectivity index (χ0) is 15.1. The monoisotopic (exact) mass is 306 g/mol. The highest BCUT2D eigenvalue weighted by Gasteiger charge is 2.10. The number of rotatable bonds is 7. The third-order valence-corrected chi connectivity index (χ3v) is 4.38. The molecule has 0 spiro atoms. The molecule has 1 heterocycles. The Morgan fingerprint density at radius 2 is 1.76 bits per heavy atom. The molecule has 2 N–H and O–H groups in total. The number of aliphatic hydroxyl groups excluding tert-OH is 1. The Balaban J connectivity index is 1.85. The maximum atomic E-state index is 11.9. The summed E-state index contributed by atoms with van der Waals surface area (Å²) >= 11 is 0. The van der Waals surface area contributed by atoms with Crippen molar-refractivity contribution in [1.29, 1.82) is 0 Å². The van der Waals surface area contributed by atoms with Crippen molar-refractivity contribution in [1.82, 2.24) is 9.71 Å². The summed E-state index contributed by atoms with van der Waals surface area (Å²) < 4.78 is 26.4. The van der Waals surface area contributed by atoms with Crippen LogP contribution in [0.5, 0.6) is 0 Å². The third-order valence-electron chi connectivity index (χ3n) is 3.05. The van der Waals surface area contributed by atoms with Crippen molar-refractivity contribution in [3.63, 3.8) is 0 Å². The molecule has 6 heteroatoms. The normalized spacial score (nSPS) is 11.5. The number of aromatic nitrogens is 1. The number of sulfonamides is 1. The van der Waals surface area contributed by atoms with Crippen LogP contribution in [-0.4, -0.2) is 24.3 Å². The van der Waals surface area contributed by atoms with Crippen LogP contribution in [0.3, 0.4) is 0 Å². The minimum Gasteiger partial charge on any atom is -0.392 e. The van der Waals surface area contributed by atoms with Crippen LogP contribution >= 0.6 is 0 Å². The quantitative estimate of drug-likeness (QED) is 0.806. The fraction of sp³-hybridized carbons (Fsp3) is 0.267. The highest BCUT2D eigenvalue weighted by atomic mass is 32.2. The summed E-state index contributed by atoms with van der Waals surface area (Å²) in [7, 11) is -3.33. The van der Waals surface area contributed by atoms with Crippen molar-refractivity contribution >= 4 is 10.0 Å². The molecule has 0 unspecified atom stereocenters. The first-order chi connectivity index (χ1) is 10.1. The second-order valence-corrected chi connectivity index (χ2v) is 6.61. The first kappa shape index (κ1) is 15.6. The second kappa shape index (κ2) is 7.31. The van der Waals surface area contributed by atoms with Crippen molar-refractivity contribution in [3.05, 3.63) is 65.5 Å². The summed E-state index contributed by atoms with van der Waals surface area (Å²) in [5.41, 5.74) is 2.42. The fourth-order valence-corrected chi connectivity index (χ4v) is 2.82. The van der Waals surface area contributed by atoms with Crippen LogP contribution in [0, 0.1) is 0 Å². The van der Waals surface area contributed by atoms with Crippen LogP contribution in [0.2, 0.25) is 0 Å². The standard InChI is InChI=1S/C15H18N2O3S/c18-12-14-6-4-13(5-7-14)11-17-21(19,20)10-8-15-3-1-2-9-16-15/h1-7,9,17-18H,8,10-12H2. The largest absolute Gasteiger partial charge is 0.392 e. The minimum atomic E-state index is -3.33. The molecule has 0 atom stereocenters. The van der Waals surface area contributed by atoms with Gasteiger partial charge in [0.05, 0.1) is 12.4 Å². The number of aliphatic hydroxyl groups is 1. The lowest BCUT2D eigenvalue weighted by atomic mass is 10.1. The lowest BCUT2D eigenvalue weighted by Crippen LogP contribution is -2.27. The fourth-order valence-electron chi connectivity index (χ4n) is 1.81. The van der Waals surface area contributed by atoms with E-state index in [1.165, 1.54) is 0 Å². The Morgan fingerprint density at radius 1 is 1.05 bits per heavy atom. The van der Waals surface area contributed by atoms with E-state index in [4.69, 9.17) is 5.11 Å². The lowest BCUT2D eigenvalue weighted by Gasteiger charge is -2.07. The molecule has 2 aromatic rings. The van der Waals surface area contributed by atoms with E-state index < -0.39 is 10.0 Å². The van der Waals surface area contributed by atoms with Crippen molar-refractivity contribution in [2.24, 2.45) is 0 Å². The molecule has 0 aliphatic heterocycles. The molecule has 1 aromatic heterocycles. The Morgan fingerprint density at radius 3 is 2.38 bits per heavy atom. The number of nitrogens with one attached hydrogen (secondary N) is 1. The van der Waals surface area contributed by atoms with E-state index in [1.807, 2.05) is 12.1 Å². The van der Waals surface area contributed by atoms with Crippen molar-refractivity contribution in [2.75, 3.05) is 5.75 Å². The zero-order valence-corrected chi connectivity index (χ0v) is 12.4. The smallest absolute Gasteiger partial charge is 0.212 e. The topological polar surface area (TPSA) is 79.3 Å². The number of hydrogen-bond acceptors (Lipinski definition) is 4. The van der Waals surface area contributed by atoms with E-state index in [0.717, 1.165) is 16.8 Å². The van der Waals surface area contributed by atoms with Gasteiger partial charge in [-0.2, -0.15) is 0 Å².